The van der Waals surface area contributed by atoms with Crippen LogP contribution in [0.15, 0.2) is 12.2 Å². The van der Waals surface area contributed by atoms with Crippen molar-refractivity contribution in [1.29, 1.82) is 0 Å². The number of methoxy groups -OCH3 is 1. The standard InChI is InChI=1S/C27H52O2/c1-3-4-5-6-7-8-9-10-11-12-13-14-15-16-17-18-19-20-21-22-23-24-25-26-27(28)29-2/h10-11H,3-9,12-26H2,1-2H3/b11-10-. The molecule has 0 aliphatic rings. The van der Waals surface area contributed by atoms with Gasteiger partial charge in [-0.15, -0.1) is 0 Å². The lowest BCUT2D eigenvalue weighted by Gasteiger charge is -2.03. The molecule has 0 saturated carbocycles. The van der Waals surface area contributed by atoms with Gasteiger partial charge < -0.3 is 4.74 Å². The van der Waals surface area contributed by atoms with Crippen molar-refractivity contribution in [2.24, 2.45) is 0 Å². The number of carbonyl (C=O) groups is 1. The molecule has 2 nitrogen and oxygen atoms in total. The zero-order chi connectivity index (χ0) is 21.3. The Bertz CT molecular complexity index is 348. The fourth-order valence-electron chi connectivity index (χ4n) is 3.86. The van der Waals surface area contributed by atoms with Gasteiger partial charge in [-0.3, -0.25) is 4.79 Å². The van der Waals surface area contributed by atoms with Gasteiger partial charge in [0.05, 0.1) is 7.11 Å². The second-order valence-corrected chi connectivity index (χ2v) is 8.74. The largest absolute Gasteiger partial charge is 0.469 e. The van der Waals surface area contributed by atoms with E-state index in [2.05, 4.69) is 23.8 Å². The second-order valence-electron chi connectivity index (χ2n) is 8.74. The molecule has 0 bridgehead atoms. The highest BCUT2D eigenvalue weighted by Gasteiger charge is 1.99. The number of ether oxygens (including phenoxy) is 1. The highest BCUT2D eigenvalue weighted by molar-refractivity contribution is 5.68. The van der Waals surface area contributed by atoms with E-state index in [1.54, 1.807) is 0 Å². The molecule has 0 fully saturated rings. The summed E-state index contributed by atoms with van der Waals surface area (Å²) in [5, 5.41) is 0. The molecule has 0 aromatic heterocycles. The summed E-state index contributed by atoms with van der Waals surface area (Å²) in [6.45, 7) is 2.28. The number of hydrogen-bond acceptors (Lipinski definition) is 2. The van der Waals surface area contributed by atoms with Gasteiger partial charge in [0, 0.05) is 6.42 Å². The number of allylic oxidation sites excluding steroid dienone is 2. The monoisotopic (exact) mass is 408 g/mol. The molecule has 0 spiro atoms. The van der Waals surface area contributed by atoms with Gasteiger partial charge in [0.1, 0.15) is 0 Å². The van der Waals surface area contributed by atoms with Crippen LogP contribution in [0.3, 0.4) is 0 Å². The first-order valence-corrected chi connectivity index (χ1v) is 13.0. The van der Waals surface area contributed by atoms with Crippen molar-refractivity contribution in [3.05, 3.63) is 12.2 Å². The van der Waals surface area contributed by atoms with E-state index < -0.39 is 0 Å². The third-order valence-corrected chi connectivity index (χ3v) is 5.87. The molecule has 0 aliphatic carbocycles. The fraction of sp³-hybridized carbons (Fsp3) is 0.889. The van der Waals surface area contributed by atoms with Crippen molar-refractivity contribution in [2.75, 3.05) is 7.11 Å². The highest BCUT2D eigenvalue weighted by atomic mass is 16.5. The Labute approximate surface area is 183 Å². The predicted molar refractivity (Wildman–Crippen MR) is 128 cm³/mol. The van der Waals surface area contributed by atoms with Crippen LogP contribution < -0.4 is 0 Å². The summed E-state index contributed by atoms with van der Waals surface area (Å²) >= 11 is 0. The molecule has 0 atom stereocenters. The molecule has 0 aromatic carbocycles. The topological polar surface area (TPSA) is 26.3 Å². The van der Waals surface area contributed by atoms with Crippen LogP contribution in [0.4, 0.5) is 0 Å². The van der Waals surface area contributed by atoms with Crippen molar-refractivity contribution in [3.8, 4) is 0 Å². The Kier molecular flexibility index (Phi) is 24.6. The minimum atomic E-state index is -0.0648. The average Bonchev–Trinajstić information content (AvgIpc) is 2.74. The molecular formula is C27H52O2. The molecule has 0 unspecified atom stereocenters. The van der Waals surface area contributed by atoms with Crippen LogP contribution in [0.25, 0.3) is 0 Å². The zero-order valence-corrected chi connectivity index (χ0v) is 20.0. The summed E-state index contributed by atoms with van der Waals surface area (Å²) < 4.78 is 4.66. The van der Waals surface area contributed by atoms with E-state index in [1.165, 1.54) is 136 Å². The number of unbranched alkanes of at least 4 members (excludes halogenated alkanes) is 19. The third kappa shape index (κ3) is 25.2. The lowest BCUT2D eigenvalue weighted by molar-refractivity contribution is -0.140. The maximum atomic E-state index is 11.0. The van der Waals surface area contributed by atoms with Gasteiger partial charge in [-0.25, -0.2) is 0 Å². The Balaban J connectivity index is 3.08. The number of carbonyl (C=O) groups excluding carboxylic acids is 1. The van der Waals surface area contributed by atoms with Crippen LogP contribution in [0.2, 0.25) is 0 Å². The Morgan fingerprint density at radius 3 is 1.28 bits per heavy atom. The molecule has 172 valence electrons. The summed E-state index contributed by atoms with van der Waals surface area (Å²) in [6, 6.07) is 0. The normalized spacial score (nSPS) is 11.4. The molecule has 0 aliphatic heterocycles. The Morgan fingerprint density at radius 1 is 0.552 bits per heavy atom. The zero-order valence-electron chi connectivity index (χ0n) is 20.0. The number of rotatable bonds is 23. The molecule has 0 rings (SSSR count). The summed E-state index contributed by atoms with van der Waals surface area (Å²) in [7, 11) is 1.47. The molecule has 0 aromatic rings. The van der Waals surface area contributed by atoms with E-state index in [9.17, 15) is 4.79 Å². The van der Waals surface area contributed by atoms with Crippen LogP contribution in [0, 0.1) is 0 Å². The third-order valence-electron chi connectivity index (χ3n) is 5.87. The first-order chi connectivity index (χ1) is 14.3. The first kappa shape index (κ1) is 28.2. The maximum Gasteiger partial charge on any atom is 0.305 e. The maximum absolute atomic E-state index is 11.0. The van der Waals surface area contributed by atoms with Gasteiger partial charge in [-0.2, -0.15) is 0 Å². The minimum Gasteiger partial charge on any atom is -0.469 e. The predicted octanol–water partition coefficient (Wildman–Crippen LogP) is 9.32. The fourth-order valence-corrected chi connectivity index (χ4v) is 3.86. The van der Waals surface area contributed by atoms with Gasteiger partial charge >= 0.3 is 5.97 Å². The summed E-state index contributed by atoms with van der Waals surface area (Å²) in [5.74, 6) is -0.0648. The van der Waals surface area contributed by atoms with Gasteiger partial charge in [-0.1, -0.05) is 122 Å². The van der Waals surface area contributed by atoms with Crippen molar-refractivity contribution in [1.82, 2.24) is 0 Å². The van der Waals surface area contributed by atoms with Crippen molar-refractivity contribution < 1.29 is 9.53 Å². The Morgan fingerprint density at radius 2 is 0.897 bits per heavy atom. The molecule has 0 N–H and O–H groups in total. The summed E-state index contributed by atoms with van der Waals surface area (Å²) in [4.78, 5) is 11.0. The molecule has 29 heavy (non-hydrogen) atoms. The van der Waals surface area contributed by atoms with E-state index in [-0.39, 0.29) is 5.97 Å². The molecule has 2 heteroatoms. The SMILES string of the molecule is CCCCCCCC/C=C\CCCCCCCCCCCCCCCC(=O)OC. The lowest BCUT2D eigenvalue weighted by Crippen LogP contribution is -1.99. The van der Waals surface area contributed by atoms with Crippen LogP contribution in [-0.4, -0.2) is 13.1 Å². The van der Waals surface area contributed by atoms with Crippen molar-refractivity contribution >= 4 is 5.97 Å². The lowest BCUT2D eigenvalue weighted by atomic mass is 10.0. The molecule has 0 saturated heterocycles. The summed E-state index contributed by atoms with van der Waals surface area (Å²) in [5.41, 5.74) is 0. The smallest absolute Gasteiger partial charge is 0.305 e. The van der Waals surface area contributed by atoms with E-state index in [0.29, 0.717) is 6.42 Å². The van der Waals surface area contributed by atoms with E-state index in [4.69, 9.17) is 0 Å². The molecule has 0 amide bonds. The van der Waals surface area contributed by atoms with Gasteiger partial charge in [0.25, 0.3) is 0 Å². The summed E-state index contributed by atoms with van der Waals surface area (Å²) in [6.07, 6.45) is 33.8. The van der Waals surface area contributed by atoms with Crippen LogP contribution in [0.5, 0.6) is 0 Å². The van der Waals surface area contributed by atoms with Crippen LogP contribution in [-0.2, 0) is 9.53 Å². The van der Waals surface area contributed by atoms with Crippen LogP contribution in [0.1, 0.15) is 148 Å². The molecule has 0 radical (unpaired) electrons. The first-order valence-electron chi connectivity index (χ1n) is 13.0. The second kappa shape index (κ2) is 25.2. The minimum absolute atomic E-state index is 0.0648. The van der Waals surface area contributed by atoms with Crippen molar-refractivity contribution in [2.45, 2.75) is 148 Å². The van der Waals surface area contributed by atoms with E-state index in [0.717, 1.165) is 6.42 Å². The van der Waals surface area contributed by atoms with E-state index >= 15 is 0 Å². The number of hydrogen-bond donors (Lipinski definition) is 0. The van der Waals surface area contributed by atoms with Crippen molar-refractivity contribution in [3.63, 3.8) is 0 Å². The van der Waals surface area contributed by atoms with Gasteiger partial charge in [0.2, 0.25) is 0 Å². The molecule has 0 heterocycles. The van der Waals surface area contributed by atoms with E-state index in [1.807, 2.05) is 0 Å². The van der Waals surface area contributed by atoms with Crippen LogP contribution >= 0.6 is 0 Å². The van der Waals surface area contributed by atoms with Gasteiger partial charge in [-0.05, 0) is 32.1 Å². The highest BCUT2D eigenvalue weighted by Crippen LogP contribution is 2.14. The average molecular weight is 409 g/mol. The molecular weight excluding hydrogens is 356 g/mol. The quantitative estimate of drug-likeness (QED) is 0.0956. The number of esters is 1. The van der Waals surface area contributed by atoms with Gasteiger partial charge in [0.15, 0.2) is 0 Å². The Hall–Kier alpha value is -0.790.